The normalized spacial score (nSPS) is 11.2. The third-order valence-electron chi connectivity index (χ3n) is 10.8. The summed E-state index contributed by atoms with van der Waals surface area (Å²) in [7, 11) is 0. The minimum absolute atomic E-state index is 1.09. The van der Waals surface area contributed by atoms with Gasteiger partial charge in [0.2, 0.25) is 0 Å². The van der Waals surface area contributed by atoms with Crippen LogP contribution in [-0.2, 0) is 0 Å². The lowest BCUT2D eigenvalue weighted by Crippen LogP contribution is -2.11. The first-order valence-electron chi connectivity index (χ1n) is 19.2. The van der Waals surface area contributed by atoms with Crippen molar-refractivity contribution in [1.82, 2.24) is 4.57 Å². The zero-order chi connectivity index (χ0) is 37.3. The van der Waals surface area contributed by atoms with Crippen molar-refractivity contribution < 1.29 is 0 Å². The standard InChI is InChI=1S/C54H38N2/c1-3-19-39(20-4-1)43-23-7-8-25-45(43)46-26-9-10-27-47(46)48-28-12-16-32-52(48)55(41-21-5-2-6-22-41)42-37-35-40(36-38-42)44-24-11-15-31-51(44)56-53-33-17-13-29-49(53)50-30-14-18-34-54(50)56/h1-38H. The maximum Gasteiger partial charge on any atom is 0.0541 e. The predicted molar refractivity (Wildman–Crippen MR) is 237 cm³/mol. The predicted octanol–water partition coefficient (Wildman–Crippen LogP) is 14.9. The second-order valence-corrected chi connectivity index (χ2v) is 14.1. The molecule has 9 aromatic carbocycles. The number of anilines is 3. The summed E-state index contributed by atoms with van der Waals surface area (Å²) >= 11 is 0. The van der Waals surface area contributed by atoms with E-state index in [9.17, 15) is 0 Å². The Balaban J connectivity index is 1.10. The fourth-order valence-electron chi connectivity index (χ4n) is 8.33. The molecule has 10 rings (SSSR count). The second kappa shape index (κ2) is 14.4. The first-order chi connectivity index (χ1) is 27.8. The highest BCUT2D eigenvalue weighted by molar-refractivity contribution is 6.09. The highest BCUT2D eigenvalue weighted by atomic mass is 15.1. The monoisotopic (exact) mass is 714 g/mol. The van der Waals surface area contributed by atoms with Gasteiger partial charge < -0.3 is 9.47 Å². The van der Waals surface area contributed by atoms with Crippen LogP contribution >= 0.6 is 0 Å². The van der Waals surface area contributed by atoms with Crippen LogP contribution in [0.15, 0.2) is 231 Å². The van der Waals surface area contributed by atoms with E-state index in [4.69, 9.17) is 0 Å². The van der Waals surface area contributed by atoms with E-state index in [2.05, 4.69) is 240 Å². The molecule has 1 aromatic heterocycles. The Hall–Kier alpha value is -7.42. The molecule has 10 aromatic rings. The molecule has 1 heterocycles. The molecule has 0 N–H and O–H groups in total. The zero-order valence-corrected chi connectivity index (χ0v) is 30.8. The SMILES string of the molecule is c1ccc(-c2ccccc2-c2ccccc2-c2ccccc2N(c2ccccc2)c2ccc(-c3ccccc3-n3c4ccccc4c4ccccc43)cc2)cc1. The molecule has 0 radical (unpaired) electrons. The number of rotatable bonds is 8. The molecule has 0 atom stereocenters. The molecule has 2 heteroatoms. The molecular weight excluding hydrogens is 677 g/mol. The highest BCUT2D eigenvalue weighted by Gasteiger charge is 2.21. The maximum atomic E-state index is 2.41. The summed E-state index contributed by atoms with van der Waals surface area (Å²) < 4.78 is 2.41. The second-order valence-electron chi connectivity index (χ2n) is 14.1. The van der Waals surface area contributed by atoms with E-state index >= 15 is 0 Å². The van der Waals surface area contributed by atoms with Crippen LogP contribution in [0.4, 0.5) is 17.1 Å². The van der Waals surface area contributed by atoms with E-state index in [1.165, 1.54) is 55.2 Å². The van der Waals surface area contributed by atoms with Crippen LogP contribution in [-0.4, -0.2) is 4.57 Å². The van der Waals surface area contributed by atoms with Crippen molar-refractivity contribution in [2.24, 2.45) is 0 Å². The highest BCUT2D eigenvalue weighted by Crippen LogP contribution is 2.45. The van der Waals surface area contributed by atoms with Crippen LogP contribution in [0.2, 0.25) is 0 Å². The van der Waals surface area contributed by atoms with Crippen LogP contribution in [0.25, 0.3) is 72.0 Å². The molecule has 0 saturated carbocycles. The third-order valence-corrected chi connectivity index (χ3v) is 10.8. The summed E-state index contributed by atoms with van der Waals surface area (Å²) in [6.45, 7) is 0. The van der Waals surface area contributed by atoms with Crippen molar-refractivity contribution in [3.63, 3.8) is 0 Å². The van der Waals surface area contributed by atoms with Gasteiger partial charge in [0, 0.05) is 33.3 Å². The largest absolute Gasteiger partial charge is 0.310 e. The van der Waals surface area contributed by atoms with E-state index in [-0.39, 0.29) is 0 Å². The van der Waals surface area contributed by atoms with Crippen LogP contribution in [0.1, 0.15) is 0 Å². The van der Waals surface area contributed by atoms with Crippen molar-refractivity contribution in [2.75, 3.05) is 4.90 Å². The maximum absolute atomic E-state index is 2.41. The smallest absolute Gasteiger partial charge is 0.0541 e. The molecule has 0 bridgehead atoms. The number of hydrogen-bond donors (Lipinski definition) is 0. The molecule has 0 amide bonds. The average Bonchev–Trinajstić information content (AvgIpc) is 3.62. The Morgan fingerprint density at radius 1 is 0.268 bits per heavy atom. The minimum atomic E-state index is 1.09. The summed E-state index contributed by atoms with van der Waals surface area (Å²) in [5, 5.41) is 2.52. The fraction of sp³-hybridized carbons (Fsp3) is 0. The quantitative estimate of drug-likeness (QED) is 0.152. The van der Waals surface area contributed by atoms with E-state index in [1.54, 1.807) is 0 Å². The summed E-state index contributed by atoms with van der Waals surface area (Å²) in [6.07, 6.45) is 0. The number of aromatic nitrogens is 1. The first-order valence-corrected chi connectivity index (χ1v) is 19.2. The molecule has 0 unspecified atom stereocenters. The first kappa shape index (κ1) is 33.2. The van der Waals surface area contributed by atoms with Crippen molar-refractivity contribution >= 4 is 38.9 Å². The van der Waals surface area contributed by atoms with Gasteiger partial charge >= 0.3 is 0 Å². The summed E-state index contributed by atoms with van der Waals surface area (Å²) in [6, 6.07) is 83.0. The van der Waals surface area contributed by atoms with Crippen molar-refractivity contribution in [1.29, 1.82) is 0 Å². The molecule has 56 heavy (non-hydrogen) atoms. The molecule has 264 valence electrons. The van der Waals surface area contributed by atoms with Crippen LogP contribution in [0.3, 0.4) is 0 Å². The zero-order valence-electron chi connectivity index (χ0n) is 30.8. The van der Waals surface area contributed by atoms with Crippen LogP contribution < -0.4 is 4.90 Å². The van der Waals surface area contributed by atoms with Gasteiger partial charge in [-0.05, 0) is 81.9 Å². The lowest BCUT2D eigenvalue weighted by atomic mass is 9.88. The number of benzene rings is 9. The average molecular weight is 715 g/mol. The van der Waals surface area contributed by atoms with E-state index in [0.717, 1.165) is 33.9 Å². The van der Waals surface area contributed by atoms with Gasteiger partial charge in [0.1, 0.15) is 0 Å². The molecule has 0 fully saturated rings. The van der Waals surface area contributed by atoms with Crippen molar-refractivity contribution in [2.45, 2.75) is 0 Å². The Bertz CT molecular complexity index is 2910. The van der Waals surface area contributed by atoms with Gasteiger partial charge in [0.25, 0.3) is 0 Å². The van der Waals surface area contributed by atoms with E-state index < -0.39 is 0 Å². The van der Waals surface area contributed by atoms with Gasteiger partial charge in [-0.15, -0.1) is 0 Å². The molecule has 2 nitrogen and oxygen atoms in total. The van der Waals surface area contributed by atoms with Gasteiger partial charge in [-0.25, -0.2) is 0 Å². The molecule has 0 saturated heterocycles. The number of nitrogens with zero attached hydrogens (tertiary/aromatic N) is 2. The Labute approximate surface area is 327 Å². The Kier molecular flexibility index (Phi) is 8.55. The third kappa shape index (κ3) is 5.85. The lowest BCUT2D eigenvalue weighted by molar-refractivity contribution is 1.18. The van der Waals surface area contributed by atoms with Gasteiger partial charge in [0.05, 0.1) is 22.4 Å². The summed E-state index contributed by atoms with van der Waals surface area (Å²) in [5.74, 6) is 0. The Morgan fingerprint density at radius 2 is 0.679 bits per heavy atom. The van der Waals surface area contributed by atoms with E-state index in [0.29, 0.717) is 0 Å². The van der Waals surface area contributed by atoms with Gasteiger partial charge in [0.15, 0.2) is 0 Å². The van der Waals surface area contributed by atoms with Crippen LogP contribution in [0.5, 0.6) is 0 Å². The molecule has 0 spiro atoms. The van der Waals surface area contributed by atoms with E-state index in [1.807, 2.05) is 0 Å². The molecular formula is C54H38N2. The molecule has 0 aliphatic carbocycles. The van der Waals surface area contributed by atoms with Crippen molar-refractivity contribution in [3.8, 4) is 50.2 Å². The van der Waals surface area contributed by atoms with Crippen LogP contribution in [0, 0.1) is 0 Å². The van der Waals surface area contributed by atoms with Gasteiger partial charge in [-0.1, -0.05) is 182 Å². The number of fused-ring (bicyclic) bond motifs is 3. The van der Waals surface area contributed by atoms with Gasteiger partial charge in [-0.2, -0.15) is 0 Å². The Morgan fingerprint density at radius 3 is 1.32 bits per heavy atom. The topological polar surface area (TPSA) is 8.17 Å². The number of para-hydroxylation sites is 5. The summed E-state index contributed by atoms with van der Waals surface area (Å²) in [4.78, 5) is 2.39. The minimum Gasteiger partial charge on any atom is -0.310 e. The van der Waals surface area contributed by atoms with Gasteiger partial charge in [-0.3, -0.25) is 0 Å². The molecule has 0 aliphatic heterocycles. The lowest BCUT2D eigenvalue weighted by Gasteiger charge is -2.28. The fourth-order valence-corrected chi connectivity index (χ4v) is 8.33. The van der Waals surface area contributed by atoms with Crippen molar-refractivity contribution in [3.05, 3.63) is 231 Å². The number of hydrogen-bond acceptors (Lipinski definition) is 1. The summed E-state index contributed by atoms with van der Waals surface area (Å²) in [5.41, 5.74) is 16.4. The molecule has 0 aliphatic rings.